The fourth-order valence-corrected chi connectivity index (χ4v) is 4.57. The Morgan fingerprint density at radius 3 is 2.32 bits per heavy atom. The highest BCUT2D eigenvalue weighted by atomic mass is 16.5. The summed E-state index contributed by atoms with van der Waals surface area (Å²) in [4.78, 5) is 25.2. The highest BCUT2D eigenvalue weighted by Crippen LogP contribution is 2.33. The fraction of sp³-hybridized carbons (Fsp3) is 0.103. The molecule has 1 aromatic heterocycles. The molecule has 5 heteroatoms. The Morgan fingerprint density at radius 2 is 1.56 bits per heavy atom. The van der Waals surface area contributed by atoms with E-state index in [2.05, 4.69) is 10.6 Å². The number of carbonyl (C=O) groups is 2. The molecule has 0 spiro atoms. The van der Waals surface area contributed by atoms with Crippen molar-refractivity contribution in [1.82, 2.24) is 4.57 Å². The molecule has 0 saturated carbocycles. The lowest BCUT2D eigenvalue weighted by atomic mass is 10.0. The van der Waals surface area contributed by atoms with Gasteiger partial charge in [-0.1, -0.05) is 66.7 Å². The van der Waals surface area contributed by atoms with Crippen LogP contribution in [0.1, 0.15) is 37.4 Å². The van der Waals surface area contributed by atoms with Gasteiger partial charge in [0.25, 0.3) is 0 Å². The van der Waals surface area contributed by atoms with Crippen LogP contribution in [0, 0.1) is 0 Å². The van der Waals surface area contributed by atoms with Crippen LogP contribution in [0.5, 0.6) is 0 Å². The van der Waals surface area contributed by atoms with E-state index < -0.39 is 5.91 Å². The van der Waals surface area contributed by atoms with Crippen LogP contribution in [-0.4, -0.2) is 23.4 Å². The number of aromatic nitrogens is 1. The van der Waals surface area contributed by atoms with Crippen molar-refractivity contribution in [2.24, 2.45) is 5.73 Å². The summed E-state index contributed by atoms with van der Waals surface area (Å²) in [5, 5.41) is 1.80. The normalized spacial score (nSPS) is 11.2. The van der Waals surface area contributed by atoms with Crippen molar-refractivity contribution in [2.75, 3.05) is 7.11 Å². The second-order valence-corrected chi connectivity index (χ2v) is 8.33. The van der Waals surface area contributed by atoms with Crippen molar-refractivity contribution in [2.45, 2.75) is 13.2 Å². The number of hydrogen-bond acceptors (Lipinski definition) is 3. The Labute approximate surface area is 197 Å². The third kappa shape index (κ3) is 3.87. The molecule has 0 aliphatic carbocycles. The molecule has 0 radical (unpaired) electrons. The van der Waals surface area contributed by atoms with E-state index in [1.807, 2.05) is 78.9 Å². The highest BCUT2D eigenvalue weighted by Gasteiger charge is 2.17. The number of amides is 1. The minimum Gasteiger partial charge on any atom is -0.380 e. The summed E-state index contributed by atoms with van der Waals surface area (Å²) in [5.74, 6) is -0.468. The second-order valence-electron chi connectivity index (χ2n) is 8.33. The Kier molecular flexibility index (Phi) is 5.70. The summed E-state index contributed by atoms with van der Waals surface area (Å²) in [6, 6.07) is 28.7. The zero-order valence-electron chi connectivity index (χ0n) is 18.8. The largest absolute Gasteiger partial charge is 0.380 e. The average Bonchev–Trinajstić information content (AvgIpc) is 3.17. The number of primary amides is 1. The third-order valence-electron chi connectivity index (χ3n) is 6.10. The van der Waals surface area contributed by atoms with Crippen molar-refractivity contribution in [3.05, 3.63) is 119 Å². The van der Waals surface area contributed by atoms with Crippen LogP contribution in [0.25, 0.3) is 21.8 Å². The van der Waals surface area contributed by atoms with Gasteiger partial charge in [0.15, 0.2) is 5.78 Å². The molecular weight excluding hydrogens is 424 g/mol. The van der Waals surface area contributed by atoms with E-state index in [-0.39, 0.29) is 5.78 Å². The first-order chi connectivity index (χ1) is 16.6. The van der Waals surface area contributed by atoms with E-state index in [0.717, 1.165) is 32.9 Å². The average molecular weight is 449 g/mol. The molecule has 0 bridgehead atoms. The third-order valence-corrected chi connectivity index (χ3v) is 6.10. The Balaban J connectivity index is 1.65. The van der Waals surface area contributed by atoms with Gasteiger partial charge in [-0.25, -0.2) is 0 Å². The van der Waals surface area contributed by atoms with Crippen LogP contribution >= 0.6 is 0 Å². The Bertz CT molecular complexity index is 1530. The number of benzene rings is 4. The molecule has 0 atom stereocenters. The smallest absolute Gasteiger partial charge is 0.249 e. The maximum absolute atomic E-state index is 13.0. The molecule has 34 heavy (non-hydrogen) atoms. The molecule has 0 unspecified atom stereocenters. The number of carbonyl (C=O) groups excluding carboxylic acids is 2. The van der Waals surface area contributed by atoms with E-state index >= 15 is 0 Å². The zero-order valence-corrected chi connectivity index (χ0v) is 18.8. The van der Waals surface area contributed by atoms with Gasteiger partial charge in [0.1, 0.15) is 0 Å². The molecule has 0 fully saturated rings. The maximum Gasteiger partial charge on any atom is 0.249 e. The lowest BCUT2D eigenvalue weighted by Crippen LogP contribution is -2.11. The van der Waals surface area contributed by atoms with Crippen molar-refractivity contribution >= 4 is 33.5 Å². The monoisotopic (exact) mass is 448 g/mol. The minimum atomic E-state index is -0.457. The number of fused-ring (bicyclic) bond motifs is 3. The molecule has 168 valence electrons. The van der Waals surface area contributed by atoms with Gasteiger partial charge in [0, 0.05) is 46.6 Å². The Morgan fingerprint density at radius 1 is 0.794 bits per heavy atom. The van der Waals surface area contributed by atoms with E-state index in [1.165, 1.54) is 0 Å². The highest BCUT2D eigenvalue weighted by molar-refractivity contribution is 6.18. The van der Waals surface area contributed by atoms with Gasteiger partial charge in [-0.05, 0) is 35.4 Å². The first-order valence-electron chi connectivity index (χ1n) is 11.1. The quantitative estimate of drug-likeness (QED) is 0.343. The number of ether oxygens (including phenoxy) is 1. The van der Waals surface area contributed by atoms with Crippen LogP contribution in [0.15, 0.2) is 91.0 Å². The van der Waals surface area contributed by atoms with E-state index in [0.29, 0.717) is 29.8 Å². The number of hydrogen-bond donors (Lipinski definition) is 1. The molecule has 1 amide bonds. The van der Waals surface area contributed by atoms with Gasteiger partial charge in [-0.15, -0.1) is 0 Å². The van der Waals surface area contributed by atoms with Gasteiger partial charge in [-0.2, -0.15) is 0 Å². The first-order valence-corrected chi connectivity index (χ1v) is 11.1. The molecule has 1 heterocycles. The molecule has 0 aliphatic rings. The first kappa shape index (κ1) is 21.6. The van der Waals surface area contributed by atoms with E-state index in [1.54, 1.807) is 13.2 Å². The number of nitrogens with two attached hydrogens (primary N) is 1. The molecule has 4 aromatic carbocycles. The van der Waals surface area contributed by atoms with Gasteiger partial charge in [0.2, 0.25) is 5.91 Å². The van der Waals surface area contributed by atoms with Crippen LogP contribution in [0.4, 0.5) is 0 Å². The summed E-state index contributed by atoms with van der Waals surface area (Å²) in [6.45, 7) is 1.02. The summed E-state index contributed by atoms with van der Waals surface area (Å²) in [6.07, 6.45) is 0. The van der Waals surface area contributed by atoms with Crippen LogP contribution < -0.4 is 5.73 Å². The van der Waals surface area contributed by atoms with Gasteiger partial charge >= 0.3 is 0 Å². The number of methoxy groups -OCH3 is 1. The van der Waals surface area contributed by atoms with E-state index in [9.17, 15) is 9.59 Å². The number of rotatable bonds is 7. The molecule has 0 saturated heterocycles. The summed E-state index contributed by atoms with van der Waals surface area (Å²) >= 11 is 0. The molecule has 5 rings (SSSR count). The van der Waals surface area contributed by atoms with Crippen molar-refractivity contribution in [3.63, 3.8) is 0 Å². The molecular formula is C29H24N2O3. The second kappa shape index (κ2) is 8.96. The van der Waals surface area contributed by atoms with Crippen molar-refractivity contribution in [1.29, 1.82) is 0 Å². The maximum atomic E-state index is 13.0. The van der Waals surface area contributed by atoms with Crippen LogP contribution in [0.2, 0.25) is 0 Å². The van der Waals surface area contributed by atoms with Crippen LogP contribution in [0.3, 0.4) is 0 Å². The van der Waals surface area contributed by atoms with E-state index in [4.69, 9.17) is 10.5 Å². The number of ketones is 1. The lowest BCUT2D eigenvalue weighted by Gasteiger charge is -2.10. The predicted molar refractivity (Wildman–Crippen MR) is 134 cm³/mol. The zero-order chi connectivity index (χ0) is 23.7. The summed E-state index contributed by atoms with van der Waals surface area (Å²) < 4.78 is 7.50. The standard InChI is InChI=1S/C29H24N2O3/c1-34-18-20-13-14-23-26(16-20)31(25-12-6-11-24(27(23)25)29(30)33)17-19-7-5-10-22(15-19)28(32)21-8-3-2-4-9-21/h2-16H,17-18H2,1H3,(H2,30,33). The SMILES string of the molecule is COCc1ccc2c3c(C(N)=O)cccc3n(Cc3cccc(C(=O)c4ccccc4)c3)c2c1. The Hall–Kier alpha value is -4.22. The molecule has 0 aliphatic heterocycles. The topological polar surface area (TPSA) is 74.3 Å². The van der Waals surface area contributed by atoms with Gasteiger partial charge in [0.05, 0.1) is 12.1 Å². The van der Waals surface area contributed by atoms with Crippen molar-refractivity contribution < 1.29 is 14.3 Å². The summed E-state index contributed by atoms with van der Waals surface area (Å²) in [5.41, 5.74) is 11.4. The predicted octanol–water partition coefficient (Wildman–Crippen LogP) is 5.32. The number of nitrogens with zero attached hydrogens (tertiary/aromatic N) is 1. The van der Waals surface area contributed by atoms with Crippen LogP contribution in [-0.2, 0) is 17.9 Å². The fourth-order valence-electron chi connectivity index (χ4n) is 4.57. The summed E-state index contributed by atoms with van der Waals surface area (Å²) in [7, 11) is 1.67. The molecule has 5 nitrogen and oxygen atoms in total. The van der Waals surface area contributed by atoms with Gasteiger partial charge in [-0.3, -0.25) is 9.59 Å². The van der Waals surface area contributed by atoms with Gasteiger partial charge < -0.3 is 15.0 Å². The minimum absolute atomic E-state index is 0.0110. The molecule has 2 N–H and O–H groups in total. The lowest BCUT2D eigenvalue weighted by molar-refractivity contribution is 0.1000. The molecule has 5 aromatic rings. The van der Waals surface area contributed by atoms with Crippen molar-refractivity contribution in [3.8, 4) is 0 Å².